The highest BCUT2D eigenvalue weighted by Crippen LogP contribution is 2.28. The Balaban J connectivity index is 1.92. The van der Waals surface area contributed by atoms with E-state index in [9.17, 15) is 0 Å². The van der Waals surface area contributed by atoms with Gasteiger partial charge < -0.3 is 10.1 Å². The van der Waals surface area contributed by atoms with Crippen molar-refractivity contribution in [2.45, 2.75) is 40.2 Å². The van der Waals surface area contributed by atoms with Crippen LogP contribution in [-0.4, -0.2) is 13.2 Å². The fourth-order valence-electron chi connectivity index (χ4n) is 3.13. The fraction of sp³-hybridized carbons (Fsp3) is 0.556. The molecule has 1 aliphatic carbocycles. The minimum Gasteiger partial charge on any atom is -0.384 e. The molecule has 1 aromatic carbocycles. The number of allylic oxidation sites excluding steroid dienone is 2. The first-order chi connectivity index (χ1) is 9.69. The fourth-order valence-corrected chi connectivity index (χ4v) is 3.13. The van der Waals surface area contributed by atoms with Gasteiger partial charge in [0.1, 0.15) is 0 Å². The van der Waals surface area contributed by atoms with Crippen molar-refractivity contribution < 1.29 is 4.74 Å². The molecule has 2 heteroatoms. The minimum atomic E-state index is 0.694. The van der Waals surface area contributed by atoms with Crippen LogP contribution in [0.2, 0.25) is 0 Å². The molecule has 0 saturated carbocycles. The first kappa shape index (κ1) is 15.1. The Morgan fingerprint density at radius 1 is 1.30 bits per heavy atom. The van der Waals surface area contributed by atoms with Gasteiger partial charge in [0, 0.05) is 24.4 Å². The van der Waals surface area contributed by atoms with Crippen LogP contribution < -0.4 is 5.32 Å². The van der Waals surface area contributed by atoms with Crippen molar-refractivity contribution in [1.82, 2.24) is 0 Å². The third-order valence-electron chi connectivity index (χ3n) is 3.95. The lowest BCUT2D eigenvalue weighted by Gasteiger charge is -2.26. The standard InChI is InChI=1S/C18H27NO/c1-4-20-13-17-7-5-6-8-18(17)19-12-16-10-14(2)9-15(3)11-16/h5-9,14,16,19H,4,10-13H2,1-3H3. The van der Waals surface area contributed by atoms with Gasteiger partial charge in [-0.3, -0.25) is 0 Å². The number of nitrogens with one attached hydrogen (secondary N) is 1. The molecule has 1 N–H and O–H groups in total. The lowest BCUT2D eigenvalue weighted by Crippen LogP contribution is -2.20. The smallest absolute Gasteiger partial charge is 0.0736 e. The number of hydrogen-bond acceptors (Lipinski definition) is 2. The van der Waals surface area contributed by atoms with Gasteiger partial charge >= 0.3 is 0 Å². The van der Waals surface area contributed by atoms with E-state index in [1.165, 1.54) is 29.7 Å². The molecule has 0 saturated heterocycles. The number of hydrogen-bond donors (Lipinski definition) is 1. The van der Waals surface area contributed by atoms with Crippen molar-refractivity contribution in [3.8, 4) is 0 Å². The van der Waals surface area contributed by atoms with Crippen molar-refractivity contribution in [2.24, 2.45) is 11.8 Å². The van der Waals surface area contributed by atoms with Crippen molar-refractivity contribution in [2.75, 3.05) is 18.5 Å². The average Bonchev–Trinajstić information content (AvgIpc) is 2.43. The summed E-state index contributed by atoms with van der Waals surface area (Å²) < 4.78 is 5.54. The quantitative estimate of drug-likeness (QED) is 0.763. The second-order valence-electron chi connectivity index (χ2n) is 5.97. The van der Waals surface area contributed by atoms with Crippen molar-refractivity contribution in [3.63, 3.8) is 0 Å². The molecule has 20 heavy (non-hydrogen) atoms. The second-order valence-corrected chi connectivity index (χ2v) is 5.97. The highest BCUT2D eigenvalue weighted by atomic mass is 16.5. The van der Waals surface area contributed by atoms with Crippen molar-refractivity contribution in [3.05, 3.63) is 41.5 Å². The van der Waals surface area contributed by atoms with Crippen LogP contribution in [0.25, 0.3) is 0 Å². The number of ether oxygens (including phenoxy) is 1. The maximum atomic E-state index is 5.54. The zero-order chi connectivity index (χ0) is 14.4. The molecular formula is C18H27NO. The van der Waals surface area contributed by atoms with E-state index in [-0.39, 0.29) is 0 Å². The maximum Gasteiger partial charge on any atom is 0.0736 e. The summed E-state index contributed by atoms with van der Waals surface area (Å²) >= 11 is 0. The first-order valence-electron chi connectivity index (χ1n) is 7.75. The average molecular weight is 273 g/mol. The summed E-state index contributed by atoms with van der Waals surface area (Å²) in [5.41, 5.74) is 4.02. The van der Waals surface area contributed by atoms with Crippen LogP contribution in [0.4, 0.5) is 5.69 Å². The van der Waals surface area contributed by atoms with E-state index < -0.39 is 0 Å². The summed E-state index contributed by atoms with van der Waals surface area (Å²) in [6.07, 6.45) is 4.93. The molecule has 0 spiro atoms. The molecule has 1 aliphatic rings. The number of benzene rings is 1. The van der Waals surface area contributed by atoms with E-state index in [2.05, 4.69) is 49.5 Å². The predicted octanol–water partition coefficient (Wildman–Crippen LogP) is 4.63. The van der Waals surface area contributed by atoms with Crippen LogP contribution in [-0.2, 0) is 11.3 Å². The largest absolute Gasteiger partial charge is 0.384 e. The predicted molar refractivity (Wildman–Crippen MR) is 85.9 cm³/mol. The Kier molecular flexibility index (Phi) is 5.66. The Morgan fingerprint density at radius 3 is 2.85 bits per heavy atom. The van der Waals surface area contributed by atoms with Gasteiger partial charge in [-0.25, -0.2) is 0 Å². The maximum absolute atomic E-state index is 5.54. The Hall–Kier alpha value is -1.28. The Labute approximate surface area is 123 Å². The summed E-state index contributed by atoms with van der Waals surface area (Å²) in [4.78, 5) is 0. The molecule has 2 rings (SSSR count). The minimum absolute atomic E-state index is 0.694. The zero-order valence-electron chi connectivity index (χ0n) is 13.0. The highest BCUT2D eigenvalue weighted by molar-refractivity contribution is 5.50. The van der Waals surface area contributed by atoms with Gasteiger partial charge in [-0.2, -0.15) is 0 Å². The molecule has 0 radical (unpaired) electrons. The van der Waals surface area contributed by atoms with Gasteiger partial charge in [-0.05, 0) is 44.6 Å². The molecule has 0 fully saturated rings. The van der Waals surface area contributed by atoms with E-state index in [0.717, 1.165) is 19.1 Å². The first-order valence-corrected chi connectivity index (χ1v) is 7.75. The summed E-state index contributed by atoms with van der Waals surface area (Å²) in [7, 11) is 0. The van der Waals surface area contributed by atoms with Crippen LogP contribution in [0.3, 0.4) is 0 Å². The van der Waals surface area contributed by atoms with Crippen molar-refractivity contribution >= 4 is 5.69 Å². The molecule has 2 atom stereocenters. The number of anilines is 1. The summed E-state index contributed by atoms with van der Waals surface area (Å²) in [5.74, 6) is 1.46. The molecular weight excluding hydrogens is 246 g/mol. The SMILES string of the molecule is CCOCc1ccccc1NCC1CC(C)=CC(C)C1. The molecule has 2 nitrogen and oxygen atoms in total. The molecule has 0 amide bonds. The van der Waals surface area contributed by atoms with Crippen molar-refractivity contribution in [1.29, 1.82) is 0 Å². The Morgan fingerprint density at radius 2 is 2.10 bits per heavy atom. The van der Waals surface area contributed by atoms with Gasteiger partial charge in [0.2, 0.25) is 0 Å². The van der Waals surface area contributed by atoms with Crippen LogP contribution in [0, 0.1) is 11.8 Å². The molecule has 2 unspecified atom stereocenters. The molecule has 0 aromatic heterocycles. The number of para-hydroxylation sites is 1. The molecule has 0 aliphatic heterocycles. The normalized spacial score (nSPS) is 22.4. The molecule has 1 aromatic rings. The van der Waals surface area contributed by atoms with Gasteiger partial charge in [-0.15, -0.1) is 0 Å². The summed E-state index contributed by atoms with van der Waals surface area (Å²) in [5, 5.41) is 3.63. The van der Waals surface area contributed by atoms with E-state index >= 15 is 0 Å². The van der Waals surface area contributed by atoms with E-state index in [0.29, 0.717) is 12.5 Å². The van der Waals surface area contributed by atoms with Gasteiger partial charge in [-0.1, -0.05) is 36.8 Å². The van der Waals surface area contributed by atoms with E-state index in [1.807, 2.05) is 6.92 Å². The van der Waals surface area contributed by atoms with E-state index in [4.69, 9.17) is 4.74 Å². The Bertz CT molecular complexity index is 452. The zero-order valence-corrected chi connectivity index (χ0v) is 13.0. The van der Waals surface area contributed by atoms with Crippen LogP contribution >= 0.6 is 0 Å². The summed E-state index contributed by atoms with van der Waals surface area (Å²) in [6.45, 7) is 9.12. The highest BCUT2D eigenvalue weighted by Gasteiger charge is 2.18. The molecule has 110 valence electrons. The van der Waals surface area contributed by atoms with Crippen LogP contribution in [0.15, 0.2) is 35.9 Å². The third kappa shape index (κ3) is 4.38. The molecule has 0 heterocycles. The summed E-state index contributed by atoms with van der Waals surface area (Å²) in [6, 6.07) is 8.47. The molecule has 0 bridgehead atoms. The lowest BCUT2D eigenvalue weighted by atomic mass is 9.83. The van der Waals surface area contributed by atoms with Crippen LogP contribution in [0.5, 0.6) is 0 Å². The monoisotopic (exact) mass is 273 g/mol. The second kappa shape index (κ2) is 7.49. The van der Waals surface area contributed by atoms with E-state index in [1.54, 1.807) is 0 Å². The van der Waals surface area contributed by atoms with Gasteiger partial charge in [0.25, 0.3) is 0 Å². The third-order valence-corrected chi connectivity index (χ3v) is 3.95. The van der Waals surface area contributed by atoms with Crippen LogP contribution in [0.1, 0.15) is 39.2 Å². The van der Waals surface area contributed by atoms with Gasteiger partial charge in [0.15, 0.2) is 0 Å². The number of rotatable bonds is 6. The lowest BCUT2D eigenvalue weighted by molar-refractivity contribution is 0.134. The topological polar surface area (TPSA) is 21.3 Å². The van der Waals surface area contributed by atoms with Gasteiger partial charge in [0.05, 0.1) is 6.61 Å².